The SMILES string of the molecule is C[C@H](N)C(=O)N(CCCNc1cccc2c1C(=O)c1ccccc1C2=O)C(=O)OC(C)(C)C. The molecule has 0 saturated heterocycles. The summed E-state index contributed by atoms with van der Waals surface area (Å²) < 4.78 is 5.33. The molecule has 3 N–H and O–H groups in total. The number of hydrogen-bond donors (Lipinski definition) is 2. The van der Waals surface area contributed by atoms with E-state index in [1.807, 2.05) is 0 Å². The number of nitrogens with one attached hydrogen (secondary N) is 1. The summed E-state index contributed by atoms with van der Waals surface area (Å²) in [5.74, 6) is -0.938. The van der Waals surface area contributed by atoms with Crippen LogP contribution in [0.4, 0.5) is 10.5 Å². The van der Waals surface area contributed by atoms with Crippen LogP contribution in [-0.2, 0) is 9.53 Å². The number of imide groups is 1. The molecule has 0 aliphatic heterocycles. The number of rotatable bonds is 6. The van der Waals surface area contributed by atoms with Gasteiger partial charge in [-0.1, -0.05) is 36.4 Å². The van der Waals surface area contributed by atoms with Crippen molar-refractivity contribution in [2.24, 2.45) is 5.73 Å². The van der Waals surface area contributed by atoms with E-state index in [0.29, 0.717) is 40.9 Å². The van der Waals surface area contributed by atoms with Crippen molar-refractivity contribution >= 4 is 29.3 Å². The van der Waals surface area contributed by atoms with Gasteiger partial charge in [0.15, 0.2) is 11.6 Å². The first-order chi connectivity index (χ1) is 15.5. The molecule has 1 atom stereocenters. The van der Waals surface area contributed by atoms with Crippen LogP contribution in [-0.4, -0.2) is 53.2 Å². The largest absolute Gasteiger partial charge is 0.443 e. The lowest BCUT2D eigenvalue weighted by molar-refractivity contribution is -0.131. The Morgan fingerprint density at radius 2 is 1.61 bits per heavy atom. The number of amides is 2. The number of carbonyl (C=O) groups is 4. The van der Waals surface area contributed by atoms with Crippen LogP contribution in [0.5, 0.6) is 0 Å². The van der Waals surface area contributed by atoms with E-state index in [0.717, 1.165) is 4.90 Å². The smallest absolute Gasteiger partial charge is 0.417 e. The summed E-state index contributed by atoms with van der Waals surface area (Å²) in [7, 11) is 0. The average molecular weight is 452 g/mol. The summed E-state index contributed by atoms with van der Waals surface area (Å²) in [5, 5.41) is 3.17. The first-order valence-electron chi connectivity index (χ1n) is 10.9. The molecule has 2 aromatic rings. The third kappa shape index (κ3) is 5.28. The van der Waals surface area contributed by atoms with Gasteiger partial charge in [-0.2, -0.15) is 0 Å². The summed E-state index contributed by atoms with van der Waals surface area (Å²) in [6, 6.07) is 11.0. The molecule has 33 heavy (non-hydrogen) atoms. The molecule has 8 nitrogen and oxygen atoms in total. The molecule has 0 bridgehead atoms. The van der Waals surface area contributed by atoms with Crippen LogP contribution in [0.1, 0.15) is 66.0 Å². The van der Waals surface area contributed by atoms with E-state index in [4.69, 9.17) is 10.5 Å². The molecule has 0 unspecified atom stereocenters. The number of ether oxygens (including phenoxy) is 1. The van der Waals surface area contributed by atoms with Gasteiger partial charge in [0, 0.05) is 35.5 Å². The van der Waals surface area contributed by atoms with Gasteiger partial charge in [-0.25, -0.2) is 9.69 Å². The van der Waals surface area contributed by atoms with Gasteiger partial charge in [0.1, 0.15) is 5.60 Å². The van der Waals surface area contributed by atoms with Gasteiger partial charge >= 0.3 is 6.09 Å². The second-order valence-corrected chi connectivity index (χ2v) is 8.97. The molecule has 0 fully saturated rings. The molecule has 0 aromatic heterocycles. The summed E-state index contributed by atoms with van der Waals surface area (Å²) in [6.45, 7) is 7.11. The maximum Gasteiger partial charge on any atom is 0.417 e. The van der Waals surface area contributed by atoms with Crippen molar-refractivity contribution in [2.45, 2.75) is 45.8 Å². The van der Waals surface area contributed by atoms with Crippen molar-refractivity contribution < 1.29 is 23.9 Å². The molecule has 174 valence electrons. The minimum absolute atomic E-state index is 0.0903. The van der Waals surface area contributed by atoms with Gasteiger partial charge in [-0.3, -0.25) is 14.4 Å². The van der Waals surface area contributed by atoms with Crippen LogP contribution >= 0.6 is 0 Å². The maximum atomic E-state index is 13.1. The highest BCUT2D eigenvalue weighted by atomic mass is 16.6. The molecular weight excluding hydrogens is 422 g/mol. The maximum absolute atomic E-state index is 13.1. The van der Waals surface area contributed by atoms with Crippen molar-refractivity contribution in [3.05, 3.63) is 64.7 Å². The predicted molar refractivity (Wildman–Crippen MR) is 124 cm³/mol. The van der Waals surface area contributed by atoms with E-state index in [1.165, 1.54) is 6.92 Å². The van der Waals surface area contributed by atoms with Crippen LogP contribution in [0.2, 0.25) is 0 Å². The standard InChI is InChI=1S/C25H29N3O5/c1-15(26)23(31)28(24(32)33-25(2,3)4)14-8-13-27-19-12-7-11-18-20(19)22(30)17-10-6-5-9-16(17)21(18)29/h5-7,9-12,15,27H,8,13-14,26H2,1-4H3/t15-/m0/s1. The first-order valence-corrected chi connectivity index (χ1v) is 10.9. The number of nitrogens with two attached hydrogens (primary N) is 1. The van der Waals surface area contributed by atoms with Gasteiger partial charge in [-0.15, -0.1) is 0 Å². The molecule has 3 rings (SSSR count). The number of anilines is 1. The third-order valence-electron chi connectivity index (χ3n) is 5.10. The van der Waals surface area contributed by atoms with Crippen LogP contribution in [0.25, 0.3) is 0 Å². The second kappa shape index (κ2) is 9.54. The summed E-state index contributed by atoms with van der Waals surface area (Å²) in [4.78, 5) is 51.9. The van der Waals surface area contributed by atoms with E-state index < -0.39 is 23.6 Å². The highest BCUT2D eigenvalue weighted by molar-refractivity contribution is 6.30. The fourth-order valence-corrected chi connectivity index (χ4v) is 3.61. The fraction of sp³-hybridized carbons (Fsp3) is 0.360. The highest BCUT2D eigenvalue weighted by Gasteiger charge is 2.31. The lowest BCUT2D eigenvalue weighted by Gasteiger charge is -2.27. The third-order valence-corrected chi connectivity index (χ3v) is 5.10. The monoisotopic (exact) mass is 451 g/mol. The Morgan fingerprint density at radius 1 is 1.00 bits per heavy atom. The number of carbonyl (C=O) groups excluding carboxylic acids is 4. The average Bonchev–Trinajstić information content (AvgIpc) is 2.75. The second-order valence-electron chi connectivity index (χ2n) is 8.97. The summed E-state index contributed by atoms with van der Waals surface area (Å²) in [5.41, 5.74) is 6.93. The van der Waals surface area contributed by atoms with Crippen LogP contribution < -0.4 is 11.1 Å². The van der Waals surface area contributed by atoms with E-state index >= 15 is 0 Å². The Kier molecular flexibility index (Phi) is 6.98. The predicted octanol–water partition coefficient (Wildman–Crippen LogP) is 3.37. The number of hydrogen-bond acceptors (Lipinski definition) is 7. The molecule has 0 spiro atoms. The van der Waals surface area contributed by atoms with Gasteiger partial charge < -0.3 is 15.8 Å². The van der Waals surface area contributed by atoms with E-state index in [1.54, 1.807) is 63.2 Å². The fourth-order valence-electron chi connectivity index (χ4n) is 3.61. The minimum Gasteiger partial charge on any atom is -0.443 e. The normalized spacial score (nSPS) is 13.6. The number of benzene rings is 2. The van der Waals surface area contributed by atoms with Crippen molar-refractivity contribution in [3.8, 4) is 0 Å². The Balaban J connectivity index is 1.72. The van der Waals surface area contributed by atoms with Crippen molar-refractivity contribution in [2.75, 3.05) is 18.4 Å². The van der Waals surface area contributed by atoms with Crippen LogP contribution in [0.3, 0.4) is 0 Å². The zero-order valence-corrected chi connectivity index (χ0v) is 19.3. The summed E-state index contributed by atoms with van der Waals surface area (Å²) >= 11 is 0. The quantitative estimate of drug-likeness (QED) is 0.552. The molecule has 8 heteroatoms. The molecule has 2 amide bonds. The molecule has 2 aromatic carbocycles. The zero-order chi connectivity index (χ0) is 24.3. The number of fused-ring (bicyclic) bond motifs is 2. The van der Waals surface area contributed by atoms with Crippen LogP contribution in [0.15, 0.2) is 42.5 Å². The topological polar surface area (TPSA) is 119 Å². The van der Waals surface area contributed by atoms with Crippen LogP contribution in [0, 0.1) is 0 Å². The molecule has 0 saturated carbocycles. The van der Waals surface area contributed by atoms with Crippen molar-refractivity contribution in [1.82, 2.24) is 4.90 Å². The van der Waals surface area contributed by atoms with E-state index in [9.17, 15) is 19.2 Å². The van der Waals surface area contributed by atoms with Crippen molar-refractivity contribution in [3.63, 3.8) is 0 Å². The number of nitrogens with zero attached hydrogens (tertiary/aromatic N) is 1. The lowest BCUT2D eigenvalue weighted by Crippen LogP contribution is -2.48. The summed E-state index contributed by atoms with van der Waals surface area (Å²) in [6.07, 6.45) is -0.362. The van der Waals surface area contributed by atoms with Gasteiger partial charge in [-0.05, 0) is 40.2 Å². The van der Waals surface area contributed by atoms with E-state index in [2.05, 4.69) is 5.32 Å². The van der Waals surface area contributed by atoms with Crippen molar-refractivity contribution in [1.29, 1.82) is 0 Å². The Bertz CT molecular complexity index is 1100. The molecule has 0 heterocycles. The van der Waals surface area contributed by atoms with Gasteiger partial charge in [0.05, 0.1) is 11.6 Å². The highest BCUT2D eigenvalue weighted by Crippen LogP contribution is 2.31. The molecule has 1 aliphatic carbocycles. The molecule has 1 aliphatic rings. The number of ketones is 2. The molecule has 0 radical (unpaired) electrons. The minimum atomic E-state index is -0.852. The Morgan fingerprint density at radius 3 is 2.21 bits per heavy atom. The molecular formula is C25H29N3O5. The Labute approximate surface area is 193 Å². The van der Waals surface area contributed by atoms with E-state index in [-0.39, 0.29) is 18.1 Å². The Hall–Kier alpha value is -3.52. The van der Waals surface area contributed by atoms with Gasteiger partial charge in [0.25, 0.3) is 0 Å². The lowest BCUT2D eigenvalue weighted by atomic mass is 9.83. The zero-order valence-electron chi connectivity index (χ0n) is 19.3. The first kappa shape index (κ1) is 24.1. The van der Waals surface area contributed by atoms with Gasteiger partial charge in [0.2, 0.25) is 5.91 Å².